The topological polar surface area (TPSA) is 88.8 Å². The fraction of sp³-hybridized carbons (Fsp3) is 0.462. The van der Waals surface area contributed by atoms with Crippen molar-refractivity contribution in [2.45, 2.75) is 13.8 Å². The van der Waals surface area contributed by atoms with Gasteiger partial charge in [0.25, 0.3) is 5.91 Å². The van der Waals surface area contributed by atoms with Gasteiger partial charge in [-0.1, -0.05) is 0 Å². The van der Waals surface area contributed by atoms with Crippen LogP contribution in [0, 0.1) is 13.8 Å². The van der Waals surface area contributed by atoms with Gasteiger partial charge in [-0.2, -0.15) is 5.10 Å². The molecule has 0 atom stereocenters. The molecule has 2 N–H and O–H groups in total. The summed E-state index contributed by atoms with van der Waals surface area (Å²) in [6.45, 7) is 4.78. The highest BCUT2D eigenvalue weighted by Gasteiger charge is 2.14. The van der Waals surface area contributed by atoms with Crippen LogP contribution in [0.15, 0.2) is 12.3 Å². The standard InChI is InChI=1S/C13H18N4O3/c1-9-7-10(2)17-12(16-9)11(8-15-17)13(19)14-3-5-20-6-4-18/h7-8,18H,3-6H2,1-2H3,(H,14,19). The van der Waals surface area contributed by atoms with Crippen molar-refractivity contribution in [3.8, 4) is 0 Å². The molecule has 20 heavy (non-hydrogen) atoms. The highest BCUT2D eigenvalue weighted by atomic mass is 16.5. The van der Waals surface area contributed by atoms with Gasteiger partial charge < -0.3 is 15.2 Å². The van der Waals surface area contributed by atoms with Crippen molar-refractivity contribution < 1.29 is 14.6 Å². The van der Waals surface area contributed by atoms with Crippen LogP contribution in [-0.2, 0) is 4.74 Å². The summed E-state index contributed by atoms with van der Waals surface area (Å²) in [5.41, 5.74) is 2.77. The van der Waals surface area contributed by atoms with E-state index < -0.39 is 0 Å². The Morgan fingerprint density at radius 1 is 1.45 bits per heavy atom. The number of fused-ring (bicyclic) bond motifs is 1. The van der Waals surface area contributed by atoms with Crippen molar-refractivity contribution in [1.29, 1.82) is 0 Å². The molecule has 0 aliphatic rings. The molecule has 0 radical (unpaired) electrons. The zero-order valence-corrected chi connectivity index (χ0v) is 11.6. The van der Waals surface area contributed by atoms with E-state index >= 15 is 0 Å². The number of hydrogen-bond acceptors (Lipinski definition) is 5. The number of aliphatic hydroxyl groups excluding tert-OH is 1. The molecule has 0 aliphatic carbocycles. The zero-order valence-electron chi connectivity index (χ0n) is 11.6. The van der Waals surface area contributed by atoms with E-state index in [-0.39, 0.29) is 19.1 Å². The van der Waals surface area contributed by atoms with Crippen molar-refractivity contribution in [2.24, 2.45) is 0 Å². The SMILES string of the molecule is Cc1cc(C)n2ncc(C(=O)NCCOCCO)c2n1. The Bertz CT molecular complexity index is 609. The summed E-state index contributed by atoms with van der Waals surface area (Å²) in [6, 6.07) is 1.91. The zero-order chi connectivity index (χ0) is 14.5. The summed E-state index contributed by atoms with van der Waals surface area (Å²) >= 11 is 0. The molecule has 2 aromatic rings. The molecule has 108 valence electrons. The summed E-state index contributed by atoms with van der Waals surface area (Å²) in [6.07, 6.45) is 1.51. The maximum absolute atomic E-state index is 12.1. The van der Waals surface area contributed by atoms with Gasteiger partial charge in [0.05, 0.1) is 26.0 Å². The largest absolute Gasteiger partial charge is 0.394 e. The normalized spacial score (nSPS) is 10.9. The first-order valence-electron chi connectivity index (χ1n) is 6.42. The number of aliphatic hydroxyl groups is 1. The molecule has 0 bridgehead atoms. The second-order valence-corrected chi connectivity index (χ2v) is 4.42. The minimum Gasteiger partial charge on any atom is -0.394 e. The van der Waals surface area contributed by atoms with Gasteiger partial charge in [-0.25, -0.2) is 9.50 Å². The van der Waals surface area contributed by atoms with Gasteiger partial charge in [0.15, 0.2) is 5.65 Å². The Balaban J connectivity index is 2.07. The summed E-state index contributed by atoms with van der Waals surface area (Å²) in [5, 5.41) is 15.5. The number of ether oxygens (including phenoxy) is 1. The average Bonchev–Trinajstić information content (AvgIpc) is 2.82. The number of aryl methyl sites for hydroxylation is 2. The fourth-order valence-corrected chi connectivity index (χ4v) is 1.93. The van der Waals surface area contributed by atoms with Crippen LogP contribution in [0.1, 0.15) is 21.7 Å². The van der Waals surface area contributed by atoms with E-state index in [1.165, 1.54) is 6.20 Å². The highest BCUT2D eigenvalue weighted by Crippen LogP contribution is 2.11. The van der Waals surface area contributed by atoms with Crippen molar-refractivity contribution in [3.63, 3.8) is 0 Å². The highest BCUT2D eigenvalue weighted by molar-refractivity contribution is 5.99. The number of carbonyl (C=O) groups is 1. The second-order valence-electron chi connectivity index (χ2n) is 4.42. The lowest BCUT2D eigenvalue weighted by atomic mass is 10.3. The van der Waals surface area contributed by atoms with Gasteiger partial charge in [0.2, 0.25) is 0 Å². The first kappa shape index (κ1) is 14.4. The van der Waals surface area contributed by atoms with Crippen LogP contribution in [0.2, 0.25) is 0 Å². The molecular weight excluding hydrogens is 260 g/mol. The first-order valence-corrected chi connectivity index (χ1v) is 6.42. The van der Waals surface area contributed by atoms with E-state index in [0.29, 0.717) is 24.4 Å². The number of nitrogens with zero attached hydrogens (tertiary/aromatic N) is 3. The van der Waals surface area contributed by atoms with Gasteiger partial charge in [0.1, 0.15) is 5.56 Å². The lowest BCUT2D eigenvalue weighted by Crippen LogP contribution is -2.27. The van der Waals surface area contributed by atoms with Gasteiger partial charge in [-0.15, -0.1) is 0 Å². The molecule has 0 saturated carbocycles. The van der Waals surface area contributed by atoms with Crippen molar-refractivity contribution in [3.05, 3.63) is 29.2 Å². The number of nitrogens with one attached hydrogen (secondary N) is 1. The average molecular weight is 278 g/mol. The fourth-order valence-electron chi connectivity index (χ4n) is 1.93. The van der Waals surface area contributed by atoms with E-state index in [2.05, 4.69) is 15.4 Å². The Morgan fingerprint density at radius 2 is 2.25 bits per heavy atom. The molecule has 2 rings (SSSR count). The van der Waals surface area contributed by atoms with E-state index in [9.17, 15) is 4.79 Å². The summed E-state index contributed by atoms with van der Waals surface area (Å²) in [4.78, 5) is 16.4. The van der Waals surface area contributed by atoms with Crippen LogP contribution >= 0.6 is 0 Å². The predicted molar refractivity (Wildman–Crippen MR) is 72.7 cm³/mol. The number of amides is 1. The Labute approximate surface area is 116 Å². The molecule has 0 fully saturated rings. The van der Waals surface area contributed by atoms with E-state index in [0.717, 1.165) is 11.4 Å². The van der Waals surface area contributed by atoms with Gasteiger partial charge in [0, 0.05) is 17.9 Å². The lowest BCUT2D eigenvalue weighted by Gasteiger charge is -2.05. The lowest BCUT2D eigenvalue weighted by molar-refractivity contribution is 0.0839. The molecule has 2 aromatic heterocycles. The molecule has 0 aliphatic heterocycles. The summed E-state index contributed by atoms with van der Waals surface area (Å²) < 4.78 is 6.72. The Hall–Kier alpha value is -1.99. The predicted octanol–water partition coefficient (Wildman–Crippen LogP) is 0.0848. The molecule has 7 nitrogen and oxygen atoms in total. The number of rotatable bonds is 6. The molecule has 2 heterocycles. The Morgan fingerprint density at radius 3 is 3.00 bits per heavy atom. The van der Waals surface area contributed by atoms with E-state index in [1.807, 2.05) is 19.9 Å². The molecule has 0 spiro atoms. The quantitative estimate of drug-likeness (QED) is 0.731. The van der Waals surface area contributed by atoms with Crippen LogP contribution in [0.25, 0.3) is 5.65 Å². The van der Waals surface area contributed by atoms with Crippen LogP contribution in [0.3, 0.4) is 0 Å². The van der Waals surface area contributed by atoms with Gasteiger partial charge in [-0.3, -0.25) is 4.79 Å². The molecule has 0 aromatic carbocycles. The van der Waals surface area contributed by atoms with Crippen LogP contribution in [0.4, 0.5) is 0 Å². The van der Waals surface area contributed by atoms with Gasteiger partial charge in [-0.05, 0) is 19.9 Å². The van der Waals surface area contributed by atoms with Crippen LogP contribution in [-0.4, -0.2) is 52.0 Å². The summed E-state index contributed by atoms with van der Waals surface area (Å²) in [5.74, 6) is -0.231. The number of hydrogen-bond donors (Lipinski definition) is 2. The molecule has 0 unspecified atom stereocenters. The molecule has 0 saturated heterocycles. The van der Waals surface area contributed by atoms with Crippen molar-refractivity contribution >= 4 is 11.6 Å². The number of aromatic nitrogens is 3. The maximum atomic E-state index is 12.1. The van der Waals surface area contributed by atoms with E-state index in [4.69, 9.17) is 9.84 Å². The monoisotopic (exact) mass is 278 g/mol. The third-order valence-electron chi connectivity index (χ3n) is 2.79. The van der Waals surface area contributed by atoms with E-state index in [1.54, 1.807) is 4.52 Å². The minimum atomic E-state index is -0.231. The van der Waals surface area contributed by atoms with Crippen LogP contribution < -0.4 is 5.32 Å². The first-order chi connectivity index (χ1) is 9.63. The smallest absolute Gasteiger partial charge is 0.256 e. The Kier molecular flexibility index (Phi) is 4.65. The summed E-state index contributed by atoms with van der Waals surface area (Å²) in [7, 11) is 0. The number of carbonyl (C=O) groups excluding carboxylic acids is 1. The third-order valence-corrected chi connectivity index (χ3v) is 2.79. The van der Waals surface area contributed by atoms with Gasteiger partial charge >= 0.3 is 0 Å². The third kappa shape index (κ3) is 3.12. The molecule has 1 amide bonds. The minimum absolute atomic E-state index is 0.0233. The van der Waals surface area contributed by atoms with Crippen molar-refractivity contribution in [2.75, 3.05) is 26.4 Å². The maximum Gasteiger partial charge on any atom is 0.256 e. The van der Waals surface area contributed by atoms with Crippen LogP contribution in [0.5, 0.6) is 0 Å². The second kappa shape index (κ2) is 6.44. The van der Waals surface area contributed by atoms with Crippen molar-refractivity contribution in [1.82, 2.24) is 19.9 Å². The molecular formula is C13H18N4O3. The molecule has 7 heteroatoms.